The average Bonchev–Trinajstić information content (AvgIpc) is 3.53. The van der Waals surface area contributed by atoms with Gasteiger partial charge in [-0.15, -0.1) is 0 Å². The summed E-state index contributed by atoms with van der Waals surface area (Å²) in [6.07, 6.45) is 1.86. The normalized spacial score (nSPS) is 13.2. The summed E-state index contributed by atoms with van der Waals surface area (Å²) in [7, 11) is 0. The average molecular weight is 566 g/mol. The van der Waals surface area contributed by atoms with Crippen molar-refractivity contribution >= 4 is 39.9 Å². The summed E-state index contributed by atoms with van der Waals surface area (Å²) in [4.78, 5) is 35.6. The first kappa shape index (κ1) is 27.1. The minimum absolute atomic E-state index is 0.0795. The highest BCUT2D eigenvalue weighted by Crippen LogP contribution is 2.34. The Bertz CT molecular complexity index is 1730. The Labute approximate surface area is 241 Å². The second kappa shape index (κ2) is 11.8. The summed E-state index contributed by atoms with van der Waals surface area (Å²) >= 11 is 0. The largest absolute Gasteiger partial charge is 0.464 e. The van der Waals surface area contributed by atoms with Gasteiger partial charge in [0.15, 0.2) is 5.82 Å². The molecule has 6 rings (SSSR count). The Morgan fingerprint density at radius 3 is 2.26 bits per heavy atom. The summed E-state index contributed by atoms with van der Waals surface area (Å²) in [5.41, 5.74) is 3.73. The lowest BCUT2D eigenvalue weighted by Gasteiger charge is -2.29. The third-order valence-corrected chi connectivity index (χ3v) is 6.93. The minimum Gasteiger partial charge on any atom is -0.464 e. The van der Waals surface area contributed by atoms with Crippen molar-refractivity contribution in [2.24, 2.45) is 0 Å². The Kier molecular flexibility index (Phi) is 7.61. The SMILES string of the molecule is CC(=O)Cc1ccc(NC(=O)Nc2ccc(-c3nc(N4CCOCC4)c4cc(F)c(-c5ccco5)cc4n3)cc2)cc1. The minimum atomic E-state index is -0.413. The molecule has 3 aromatic carbocycles. The Hall–Kier alpha value is -5.09. The van der Waals surface area contributed by atoms with Gasteiger partial charge < -0.3 is 24.7 Å². The maximum Gasteiger partial charge on any atom is 0.323 e. The fourth-order valence-electron chi connectivity index (χ4n) is 4.89. The van der Waals surface area contributed by atoms with E-state index in [4.69, 9.17) is 19.1 Å². The molecule has 3 heterocycles. The van der Waals surface area contributed by atoms with Crippen LogP contribution in [0.5, 0.6) is 0 Å². The van der Waals surface area contributed by atoms with E-state index < -0.39 is 11.8 Å². The Balaban J connectivity index is 1.25. The molecule has 1 fully saturated rings. The van der Waals surface area contributed by atoms with E-state index in [2.05, 4.69) is 15.5 Å². The number of furan rings is 1. The molecule has 10 heteroatoms. The standard InChI is InChI=1S/C32H28FN5O4/c1-20(39)17-21-4-8-23(9-5-21)34-32(40)35-24-10-6-22(7-11-24)30-36-28-19-25(29-3-2-14-42-29)27(33)18-26(28)31(37-30)38-12-15-41-16-13-38/h2-11,14,18-19H,12-13,15-17H2,1H3,(H2,34,35,40). The molecule has 212 valence electrons. The molecule has 0 aliphatic carbocycles. The zero-order valence-electron chi connectivity index (χ0n) is 22.9. The van der Waals surface area contributed by atoms with E-state index in [0.29, 0.717) is 78.0 Å². The first-order valence-corrected chi connectivity index (χ1v) is 13.6. The number of carbonyl (C=O) groups is 2. The molecular formula is C32H28FN5O4. The van der Waals surface area contributed by atoms with Crippen LogP contribution in [0.3, 0.4) is 0 Å². The smallest absolute Gasteiger partial charge is 0.323 e. The molecule has 2 aromatic heterocycles. The van der Waals surface area contributed by atoms with Gasteiger partial charge in [0.2, 0.25) is 0 Å². The maximum absolute atomic E-state index is 15.2. The van der Waals surface area contributed by atoms with Crippen LogP contribution in [-0.2, 0) is 16.0 Å². The number of ether oxygens (including phenoxy) is 1. The van der Waals surface area contributed by atoms with Crippen molar-refractivity contribution in [1.82, 2.24) is 9.97 Å². The number of morpholine rings is 1. The third-order valence-electron chi connectivity index (χ3n) is 6.93. The monoisotopic (exact) mass is 565 g/mol. The molecule has 1 saturated heterocycles. The van der Waals surface area contributed by atoms with Gasteiger partial charge in [0.25, 0.3) is 0 Å². The molecule has 2 N–H and O–H groups in total. The van der Waals surface area contributed by atoms with Gasteiger partial charge in [-0.2, -0.15) is 0 Å². The van der Waals surface area contributed by atoms with Crippen molar-refractivity contribution in [1.29, 1.82) is 0 Å². The van der Waals surface area contributed by atoms with E-state index in [1.165, 1.54) is 12.3 Å². The fourth-order valence-corrected chi connectivity index (χ4v) is 4.89. The number of Topliss-reactive ketones (excluding diaryl/α,β-unsaturated/α-hetero) is 1. The lowest BCUT2D eigenvalue weighted by atomic mass is 10.1. The second-order valence-electron chi connectivity index (χ2n) is 10.0. The number of ketones is 1. The van der Waals surface area contributed by atoms with Gasteiger partial charge in [-0.3, -0.25) is 4.79 Å². The summed E-state index contributed by atoms with van der Waals surface area (Å²) in [6, 6.07) is 20.5. The van der Waals surface area contributed by atoms with E-state index in [9.17, 15) is 9.59 Å². The van der Waals surface area contributed by atoms with E-state index in [1.807, 2.05) is 24.3 Å². The molecule has 9 nitrogen and oxygen atoms in total. The fraction of sp³-hybridized carbons (Fsp3) is 0.188. The maximum atomic E-state index is 15.2. The highest BCUT2D eigenvalue weighted by Gasteiger charge is 2.21. The summed E-state index contributed by atoms with van der Waals surface area (Å²) in [5, 5.41) is 6.22. The van der Waals surface area contributed by atoms with Crippen molar-refractivity contribution in [3.8, 4) is 22.7 Å². The number of amides is 2. The van der Waals surface area contributed by atoms with Crippen LogP contribution in [0, 0.1) is 5.82 Å². The number of carbonyl (C=O) groups excluding carboxylic acids is 2. The zero-order chi connectivity index (χ0) is 29.1. The van der Waals surface area contributed by atoms with Crippen molar-refractivity contribution in [3.05, 3.63) is 90.4 Å². The number of nitrogens with zero attached hydrogens (tertiary/aromatic N) is 3. The number of benzene rings is 3. The molecule has 1 aliphatic heterocycles. The number of hydrogen-bond acceptors (Lipinski definition) is 7. The van der Waals surface area contributed by atoms with Crippen LogP contribution in [0.25, 0.3) is 33.6 Å². The summed E-state index contributed by atoms with van der Waals surface area (Å²) in [5.74, 6) is 1.20. The predicted octanol–water partition coefficient (Wildman–Crippen LogP) is 6.31. The van der Waals surface area contributed by atoms with Crippen LogP contribution in [-0.4, -0.2) is 48.1 Å². The van der Waals surface area contributed by atoms with Crippen LogP contribution in [0.1, 0.15) is 12.5 Å². The number of fused-ring (bicyclic) bond motifs is 1. The Morgan fingerprint density at radius 2 is 1.62 bits per heavy atom. The van der Waals surface area contributed by atoms with Gasteiger partial charge in [-0.25, -0.2) is 19.2 Å². The number of anilines is 3. The van der Waals surface area contributed by atoms with Gasteiger partial charge >= 0.3 is 6.03 Å². The number of halogens is 1. The lowest BCUT2D eigenvalue weighted by Crippen LogP contribution is -2.37. The zero-order valence-corrected chi connectivity index (χ0v) is 22.9. The van der Waals surface area contributed by atoms with Gasteiger partial charge in [0.05, 0.1) is 30.6 Å². The van der Waals surface area contributed by atoms with Crippen LogP contribution < -0.4 is 15.5 Å². The van der Waals surface area contributed by atoms with Crippen molar-refractivity contribution in [2.45, 2.75) is 13.3 Å². The van der Waals surface area contributed by atoms with E-state index >= 15 is 4.39 Å². The summed E-state index contributed by atoms with van der Waals surface area (Å²) < 4.78 is 26.2. The first-order chi connectivity index (χ1) is 20.4. The predicted molar refractivity (Wildman–Crippen MR) is 159 cm³/mol. The number of rotatable bonds is 7. The molecular weight excluding hydrogens is 537 g/mol. The van der Waals surface area contributed by atoms with E-state index in [-0.39, 0.29) is 5.78 Å². The van der Waals surface area contributed by atoms with Crippen LogP contribution in [0.15, 0.2) is 83.5 Å². The molecule has 0 saturated carbocycles. The molecule has 2 amide bonds. The second-order valence-corrected chi connectivity index (χ2v) is 10.0. The molecule has 0 radical (unpaired) electrons. The van der Waals surface area contributed by atoms with Crippen LogP contribution >= 0.6 is 0 Å². The molecule has 42 heavy (non-hydrogen) atoms. The van der Waals surface area contributed by atoms with Crippen molar-refractivity contribution in [3.63, 3.8) is 0 Å². The Morgan fingerprint density at radius 1 is 0.929 bits per heavy atom. The topological polar surface area (TPSA) is 110 Å². The highest BCUT2D eigenvalue weighted by molar-refractivity contribution is 6.00. The van der Waals surface area contributed by atoms with Crippen molar-refractivity contribution in [2.75, 3.05) is 41.8 Å². The van der Waals surface area contributed by atoms with Crippen molar-refractivity contribution < 1.29 is 23.1 Å². The quantitative estimate of drug-likeness (QED) is 0.238. The molecule has 5 aromatic rings. The molecule has 0 spiro atoms. The molecule has 0 unspecified atom stereocenters. The lowest BCUT2D eigenvalue weighted by molar-refractivity contribution is -0.116. The van der Waals surface area contributed by atoms with Gasteiger partial charge in [0.1, 0.15) is 23.2 Å². The molecule has 0 atom stereocenters. The number of hydrogen-bond donors (Lipinski definition) is 2. The van der Waals surface area contributed by atoms with Crippen LogP contribution in [0.4, 0.5) is 26.4 Å². The number of nitrogens with one attached hydrogen (secondary N) is 2. The van der Waals surface area contributed by atoms with Gasteiger partial charge in [-0.1, -0.05) is 12.1 Å². The summed E-state index contributed by atoms with van der Waals surface area (Å²) in [6.45, 7) is 3.91. The number of aromatic nitrogens is 2. The molecule has 1 aliphatic rings. The first-order valence-electron chi connectivity index (χ1n) is 13.6. The van der Waals surface area contributed by atoms with Gasteiger partial charge in [-0.05, 0) is 73.2 Å². The van der Waals surface area contributed by atoms with Crippen LogP contribution in [0.2, 0.25) is 0 Å². The third kappa shape index (κ3) is 5.98. The van der Waals surface area contributed by atoms with Gasteiger partial charge in [0, 0.05) is 41.8 Å². The van der Waals surface area contributed by atoms with E-state index in [1.54, 1.807) is 49.4 Å². The number of urea groups is 1. The van der Waals surface area contributed by atoms with E-state index in [0.717, 1.165) is 11.1 Å². The molecule has 0 bridgehead atoms. The highest BCUT2D eigenvalue weighted by atomic mass is 19.1.